The Morgan fingerprint density at radius 3 is 1.12 bits per heavy atom. The maximum atomic E-state index is 5.10. The highest BCUT2D eigenvalue weighted by atomic mass is 15.0. The van der Waals surface area contributed by atoms with E-state index in [4.69, 9.17) is 5.32 Å². The molecule has 0 aliphatic rings. The Bertz CT molecular complexity index is 180. The average Bonchev–Trinajstić information content (AvgIpc) is 2.36. The fourth-order valence-electron chi connectivity index (χ4n) is 2.38. The van der Waals surface area contributed by atoms with Crippen molar-refractivity contribution in [3.05, 3.63) is 0 Å². The van der Waals surface area contributed by atoms with E-state index in [-0.39, 0.29) is 0 Å². The van der Waals surface area contributed by atoms with Crippen molar-refractivity contribution in [2.45, 2.75) is 93.2 Å². The normalized spacial score (nSPS) is 16.9. The van der Waals surface area contributed by atoms with Gasteiger partial charge >= 0.3 is 0 Å². The molecule has 0 amide bonds. The second-order valence-corrected chi connectivity index (χ2v) is 6.22. The van der Waals surface area contributed by atoms with Gasteiger partial charge in [-0.15, -0.1) is 0 Å². The molecule has 0 spiro atoms. The summed E-state index contributed by atoms with van der Waals surface area (Å²) in [5.74, 6) is 0. The summed E-state index contributed by atoms with van der Waals surface area (Å²) < 4.78 is 0. The highest BCUT2D eigenvalue weighted by Crippen LogP contribution is 2.35. The molecule has 17 heavy (non-hydrogen) atoms. The van der Waals surface area contributed by atoms with Crippen LogP contribution >= 0.6 is 0 Å². The van der Waals surface area contributed by atoms with Crippen LogP contribution in [0, 0.1) is 10.8 Å². The van der Waals surface area contributed by atoms with Crippen LogP contribution in [0.5, 0.6) is 0 Å². The highest BCUT2D eigenvalue weighted by Gasteiger charge is 2.34. The van der Waals surface area contributed by atoms with E-state index in [2.05, 4.69) is 55.4 Å². The van der Waals surface area contributed by atoms with Crippen LogP contribution in [0.4, 0.5) is 0 Å². The summed E-state index contributed by atoms with van der Waals surface area (Å²) in [6, 6.07) is 0.926. The third-order valence-corrected chi connectivity index (χ3v) is 5.70. The maximum absolute atomic E-state index is 5.10. The lowest BCUT2D eigenvalue weighted by Crippen LogP contribution is -2.46. The summed E-state index contributed by atoms with van der Waals surface area (Å²) >= 11 is 0. The molecule has 0 bridgehead atoms. The Morgan fingerprint density at radius 1 is 0.706 bits per heavy atom. The standard InChI is InChI=1S/C16H34N/c1-9-15(7,10-2)13(5)17-14(6)16(8,11-3)12-4/h13-14H,9-12H2,1-8H3. The molecule has 0 fully saturated rings. The topological polar surface area (TPSA) is 14.1 Å². The van der Waals surface area contributed by atoms with Crippen molar-refractivity contribution in [2.75, 3.05) is 0 Å². The molecule has 2 unspecified atom stereocenters. The van der Waals surface area contributed by atoms with Gasteiger partial charge in [-0.05, 0) is 50.4 Å². The summed E-state index contributed by atoms with van der Waals surface area (Å²) in [6.07, 6.45) is 4.87. The smallest absolute Gasteiger partial charge is 0.0274 e. The number of nitrogens with zero attached hydrogens (tertiary/aromatic N) is 1. The highest BCUT2D eigenvalue weighted by molar-refractivity contribution is 4.89. The van der Waals surface area contributed by atoms with Gasteiger partial charge in [0.1, 0.15) is 0 Å². The van der Waals surface area contributed by atoms with Gasteiger partial charge in [0.2, 0.25) is 0 Å². The molecule has 0 saturated heterocycles. The minimum atomic E-state index is 0.372. The van der Waals surface area contributed by atoms with Crippen molar-refractivity contribution >= 4 is 0 Å². The van der Waals surface area contributed by atoms with Crippen LogP contribution in [0.1, 0.15) is 81.1 Å². The molecular weight excluding hydrogens is 206 g/mol. The molecule has 0 aromatic rings. The van der Waals surface area contributed by atoms with Gasteiger partial charge < -0.3 is 0 Å². The minimum Gasteiger partial charge on any atom is -0.235 e. The molecule has 0 heterocycles. The van der Waals surface area contributed by atoms with E-state index in [0.717, 1.165) is 0 Å². The molecule has 0 saturated carbocycles. The van der Waals surface area contributed by atoms with Gasteiger partial charge in [0.15, 0.2) is 0 Å². The molecule has 1 heteroatoms. The van der Waals surface area contributed by atoms with Crippen LogP contribution in [0.3, 0.4) is 0 Å². The molecule has 0 aliphatic heterocycles. The molecule has 0 rings (SSSR count). The zero-order valence-corrected chi connectivity index (χ0v) is 13.4. The Balaban J connectivity index is 4.62. The van der Waals surface area contributed by atoms with Gasteiger partial charge in [0, 0.05) is 12.1 Å². The molecule has 0 aromatic carbocycles. The van der Waals surface area contributed by atoms with Crippen molar-refractivity contribution in [3.8, 4) is 0 Å². The van der Waals surface area contributed by atoms with E-state index >= 15 is 0 Å². The summed E-state index contributed by atoms with van der Waals surface area (Å²) in [4.78, 5) is 0. The first-order chi connectivity index (χ1) is 7.79. The maximum Gasteiger partial charge on any atom is 0.0274 e. The Morgan fingerprint density at radius 2 is 0.941 bits per heavy atom. The molecular formula is C16H34N. The first-order valence-electron chi connectivity index (χ1n) is 7.49. The monoisotopic (exact) mass is 240 g/mol. The van der Waals surface area contributed by atoms with Crippen LogP contribution in [0.2, 0.25) is 0 Å². The predicted octanol–water partition coefficient (Wildman–Crippen LogP) is 5.02. The van der Waals surface area contributed by atoms with Crippen molar-refractivity contribution in [1.82, 2.24) is 5.32 Å². The van der Waals surface area contributed by atoms with Crippen molar-refractivity contribution in [2.24, 2.45) is 10.8 Å². The number of hydrogen-bond donors (Lipinski definition) is 0. The van der Waals surface area contributed by atoms with Gasteiger partial charge in [-0.3, -0.25) is 0 Å². The van der Waals surface area contributed by atoms with E-state index in [0.29, 0.717) is 22.9 Å². The van der Waals surface area contributed by atoms with E-state index < -0.39 is 0 Å². The van der Waals surface area contributed by atoms with E-state index in [1.165, 1.54) is 25.7 Å². The lowest BCUT2D eigenvalue weighted by molar-refractivity contribution is 0.135. The van der Waals surface area contributed by atoms with Crippen molar-refractivity contribution < 1.29 is 0 Å². The summed E-state index contributed by atoms with van der Waals surface area (Å²) in [5, 5.41) is 5.10. The van der Waals surface area contributed by atoms with Gasteiger partial charge in [0.25, 0.3) is 0 Å². The third-order valence-electron chi connectivity index (χ3n) is 5.70. The summed E-state index contributed by atoms with van der Waals surface area (Å²) in [6.45, 7) is 18.5. The van der Waals surface area contributed by atoms with E-state index in [1.54, 1.807) is 0 Å². The molecule has 1 radical (unpaired) electrons. The van der Waals surface area contributed by atoms with Gasteiger partial charge in [-0.2, -0.15) is 0 Å². The fraction of sp³-hybridized carbons (Fsp3) is 1.00. The largest absolute Gasteiger partial charge is 0.235 e. The Kier molecular flexibility index (Phi) is 6.76. The first kappa shape index (κ1) is 17.0. The average molecular weight is 240 g/mol. The van der Waals surface area contributed by atoms with Crippen LogP contribution in [0.15, 0.2) is 0 Å². The number of rotatable bonds is 8. The zero-order valence-electron chi connectivity index (χ0n) is 13.4. The van der Waals surface area contributed by atoms with E-state index in [9.17, 15) is 0 Å². The minimum absolute atomic E-state index is 0.372. The summed E-state index contributed by atoms with van der Waals surface area (Å²) in [5.41, 5.74) is 0.743. The molecule has 1 nitrogen and oxygen atoms in total. The van der Waals surface area contributed by atoms with Gasteiger partial charge in [-0.1, -0.05) is 41.5 Å². The third kappa shape index (κ3) is 3.98. The van der Waals surface area contributed by atoms with E-state index in [1.807, 2.05) is 0 Å². The lowest BCUT2D eigenvalue weighted by Gasteiger charge is -2.40. The predicted molar refractivity (Wildman–Crippen MR) is 78.4 cm³/mol. The van der Waals surface area contributed by atoms with Crippen LogP contribution < -0.4 is 5.32 Å². The Hall–Kier alpha value is -0.0400. The van der Waals surface area contributed by atoms with Gasteiger partial charge in [-0.25, -0.2) is 5.32 Å². The van der Waals surface area contributed by atoms with Crippen molar-refractivity contribution in [1.29, 1.82) is 0 Å². The SMILES string of the molecule is CCC(C)(CC)C(C)[N]C(C)C(C)(CC)CC. The van der Waals surface area contributed by atoms with Crippen LogP contribution in [-0.4, -0.2) is 12.1 Å². The Labute approximate surface area is 110 Å². The zero-order chi connectivity index (χ0) is 13.7. The summed E-state index contributed by atoms with van der Waals surface area (Å²) in [7, 11) is 0. The second-order valence-electron chi connectivity index (χ2n) is 6.22. The fourth-order valence-corrected chi connectivity index (χ4v) is 2.38. The lowest BCUT2D eigenvalue weighted by atomic mass is 9.74. The first-order valence-corrected chi connectivity index (χ1v) is 7.49. The van der Waals surface area contributed by atoms with Crippen LogP contribution in [0.25, 0.3) is 0 Å². The molecule has 2 atom stereocenters. The molecule has 103 valence electrons. The quantitative estimate of drug-likeness (QED) is 0.565. The second kappa shape index (κ2) is 6.78. The molecule has 0 N–H and O–H groups in total. The number of hydrogen-bond acceptors (Lipinski definition) is 0. The van der Waals surface area contributed by atoms with Crippen LogP contribution in [-0.2, 0) is 0 Å². The van der Waals surface area contributed by atoms with Crippen molar-refractivity contribution in [3.63, 3.8) is 0 Å². The molecule has 0 aliphatic carbocycles. The molecule has 0 aromatic heterocycles. The van der Waals surface area contributed by atoms with Gasteiger partial charge in [0.05, 0.1) is 0 Å².